The Kier molecular flexibility index (Phi) is 7.29. The van der Waals surface area contributed by atoms with E-state index in [2.05, 4.69) is 22.3 Å². The third kappa shape index (κ3) is 5.93. The van der Waals surface area contributed by atoms with Crippen LogP contribution in [0.3, 0.4) is 0 Å². The van der Waals surface area contributed by atoms with Gasteiger partial charge in [0.15, 0.2) is 5.82 Å². The van der Waals surface area contributed by atoms with Gasteiger partial charge in [-0.05, 0) is 13.3 Å². The van der Waals surface area contributed by atoms with Crippen molar-refractivity contribution in [1.29, 1.82) is 0 Å². The van der Waals surface area contributed by atoms with Crippen molar-refractivity contribution in [2.24, 2.45) is 5.84 Å². The van der Waals surface area contributed by atoms with Gasteiger partial charge in [-0.2, -0.15) is 0 Å². The van der Waals surface area contributed by atoms with E-state index >= 15 is 0 Å². The van der Waals surface area contributed by atoms with E-state index in [9.17, 15) is 0 Å². The maximum atomic E-state index is 5.56. The van der Waals surface area contributed by atoms with Crippen LogP contribution in [0.2, 0.25) is 0 Å². The Bertz CT molecular complexity index is 344. The molecule has 1 rings (SSSR count). The highest BCUT2D eigenvalue weighted by atomic mass is 16.5. The Hall–Kier alpha value is -1.20. The lowest BCUT2D eigenvalue weighted by atomic mass is 10.2. The number of aromatic nitrogens is 2. The number of hydrogen-bond acceptors (Lipinski definition) is 5. The summed E-state index contributed by atoms with van der Waals surface area (Å²) in [5.41, 5.74) is 3.41. The number of nitrogens with zero attached hydrogens (tertiary/aromatic N) is 2. The Labute approximate surface area is 109 Å². The van der Waals surface area contributed by atoms with E-state index in [0.29, 0.717) is 18.2 Å². The molecule has 5 nitrogen and oxygen atoms in total. The van der Waals surface area contributed by atoms with Crippen molar-refractivity contribution >= 4 is 5.82 Å². The minimum absolute atomic E-state index is 0.449. The van der Waals surface area contributed by atoms with Crippen LogP contribution in [0.15, 0.2) is 6.07 Å². The second-order valence-corrected chi connectivity index (χ2v) is 4.42. The van der Waals surface area contributed by atoms with Gasteiger partial charge in [-0.3, -0.25) is 0 Å². The molecule has 0 aliphatic carbocycles. The summed E-state index contributed by atoms with van der Waals surface area (Å²) >= 11 is 0. The topological polar surface area (TPSA) is 73.1 Å². The molecule has 0 aliphatic heterocycles. The molecule has 0 atom stereocenters. The fraction of sp³-hybridized carbons (Fsp3) is 0.692. The summed E-state index contributed by atoms with van der Waals surface area (Å²) in [7, 11) is 0. The second-order valence-electron chi connectivity index (χ2n) is 4.42. The molecule has 0 fully saturated rings. The largest absolute Gasteiger partial charge is 0.373 e. The zero-order chi connectivity index (χ0) is 13.2. The summed E-state index contributed by atoms with van der Waals surface area (Å²) in [5, 5.41) is 0. The first kappa shape index (κ1) is 14.9. The van der Waals surface area contributed by atoms with E-state index < -0.39 is 0 Å². The summed E-state index contributed by atoms with van der Waals surface area (Å²) < 4.78 is 5.56. The molecule has 3 N–H and O–H groups in total. The summed E-state index contributed by atoms with van der Waals surface area (Å²) in [4.78, 5) is 8.52. The van der Waals surface area contributed by atoms with E-state index in [1.807, 2.05) is 6.92 Å². The first-order valence-corrected chi connectivity index (χ1v) is 6.65. The monoisotopic (exact) mass is 252 g/mol. The molecule has 1 aromatic rings. The highest BCUT2D eigenvalue weighted by Crippen LogP contribution is 2.06. The van der Waals surface area contributed by atoms with E-state index in [0.717, 1.165) is 18.7 Å². The molecule has 0 amide bonds. The van der Waals surface area contributed by atoms with Gasteiger partial charge in [0, 0.05) is 18.4 Å². The van der Waals surface area contributed by atoms with E-state index in [-0.39, 0.29) is 0 Å². The van der Waals surface area contributed by atoms with Crippen LogP contribution in [0.5, 0.6) is 0 Å². The third-order valence-corrected chi connectivity index (χ3v) is 2.67. The van der Waals surface area contributed by atoms with Crippen LogP contribution in [0, 0.1) is 6.92 Å². The molecule has 18 heavy (non-hydrogen) atoms. The van der Waals surface area contributed by atoms with Gasteiger partial charge in [0.05, 0.1) is 0 Å². The average molecular weight is 252 g/mol. The molecule has 0 saturated heterocycles. The zero-order valence-corrected chi connectivity index (χ0v) is 11.4. The Morgan fingerprint density at radius 2 is 2.00 bits per heavy atom. The van der Waals surface area contributed by atoms with Crippen LogP contribution < -0.4 is 11.3 Å². The molecule has 0 unspecified atom stereocenters. The van der Waals surface area contributed by atoms with Crippen LogP contribution >= 0.6 is 0 Å². The van der Waals surface area contributed by atoms with Gasteiger partial charge in [-0.25, -0.2) is 15.8 Å². The van der Waals surface area contributed by atoms with Crippen molar-refractivity contribution in [2.45, 2.75) is 52.6 Å². The number of nitrogens with one attached hydrogen (secondary N) is 1. The molecular formula is C13H24N4O. The Morgan fingerprint density at radius 1 is 1.22 bits per heavy atom. The van der Waals surface area contributed by atoms with Gasteiger partial charge in [-0.15, -0.1) is 0 Å². The van der Waals surface area contributed by atoms with Crippen LogP contribution in [0.25, 0.3) is 0 Å². The van der Waals surface area contributed by atoms with Gasteiger partial charge in [-0.1, -0.05) is 32.6 Å². The second kappa shape index (κ2) is 8.83. The lowest BCUT2D eigenvalue weighted by Gasteiger charge is -2.06. The van der Waals surface area contributed by atoms with Crippen LogP contribution in [0.1, 0.15) is 50.5 Å². The molecule has 5 heteroatoms. The summed E-state index contributed by atoms with van der Waals surface area (Å²) in [6.45, 7) is 5.35. The SMILES string of the molecule is CCCCCCCOCc1nc(C)cc(NN)n1. The van der Waals surface area contributed by atoms with Crippen molar-refractivity contribution in [3.63, 3.8) is 0 Å². The fourth-order valence-electron chi connectivity index (χ4n) is 1.74. The molecule has 0 spiro atoms. The fourth-order valence-corrected chi connectivity index (χ4v) is 1.74. The van der Waals surface area contributed by atoms with Gasteiger partial charge in [0.2, 0.25) is 0 Å². The van der Waals surface area contributed by atoms with Crippen molar-refractivity contribution in [2.75, 3.05) is 12.0 Å². The number of nitrogens with two attached hydrogens (primary N) is 1. The van der Waals surface area contributed by atoms with E-state index in [1.54, 1.807) is 6.07 Å². The summed E-state index contributed by atoms with van der Waals surface area (Å²) in [6.07, 6.45) is 6.22. The number of hydrogen-bond donors (Lipinski definition) is 2. The zero-order valence-electron chi connectivity index (χ0n) is 11.4. The molecule has 102 valence electrons. The molecule has 0 radical (unpaired) electrons. The molecule has 1 heterocycles. The lowest BCUT2D eigenvalue weighted by molar-refractivity contribution is 0.111. The standard InChI is InChI=1S/C13H24N4O/c1-3-4-5-6-7-8-18-10-13-15-11(2)9-12(16-13)17-14/h9H,3-8,10,14H2,1-2H3,(H,15,16,17). The summed E-state index contributed by atoms with van der Waals surface area (Å²) in [5.74, 6) is 6.64. The minimum Gasteiger partial charge on any atom is -0.373 e. The van der Waals surface area contributed by atoms with Crippen molar-refractivity contribution in [3.05, 3.63) is 17.6 Å². The number of unbranched alkanes of at least 4 members (excludes halogenated alkanes) is 4. The minimum atomic E-state index is 0.449. The first-order chi connectivity index (χ1) is 8.76. The highest BCUT2D eigenvalue weighted by molar-refractivity contribution is 5.33. The smallest absolute Gasteiger partial charge is 0.156 e. The lowest BCUT2D eigenvalue weighted by Crippen LogP contribution is -2.11. The van der Waals surface area contributed by atoms with Gasteiger partial charge < -0.3 is 10.2 Å². The molecule has 0 aliphatic rings. The number of ether oxygens (including phenoxy) is 1. The first-order valence-electron chi connectivity index (χ1n) is 6.65. The van der Waals surface area contributed by atoms with Gasteiger partial charge >= 0.3 is 0 Å². The Balaban J connectivity index is 2.20. The number of rotatable bonds is 9. The average Bonchev–Trinajstić information content (AvgIpc) is 2.37. The maximum Gasteiger partial charge on any atom is 0.156 e. The van der Waals surface area contributed by atoms with Crippen LogP contribution in [-0.2, 0) is 11.3 Å². The van der Waals surface area contributed by atoms with Gasteiger partial charge in [0.25, 0.3) is 0 Å². The van der Waals surface area contributed by atoms with Crippen LogP contribution in [0.4, 0.5) is 5.82 Å². The number of hydrazine groups is 1. The molecule has 0 saturated carbocycles. The van der Waals surface area contributed by atoms with Crippen molar-refractivity contribution in [1.82, 2.24) is 9.97 Å². The molecular weight excluding hydrogens is 228 g/mol. The van der Waals surface area contributed by atoms with E-state index in [1.165, 1.54) is 25.7 Å². The third-order valence-electron chi connectivity index (χ3n) is 2.67. The molecule has 1 aromatic heterocycles. The van der Waals surface area contributed by atoms with Crippen LogP contribution in [-0.4, -0.2) is 16.6 Å². The number of aryl methyl sites for hydroxylation is 1. The molecule has 0 aromatic carbocycles. The van der Waals surface area contributed by atoms with Crippen molar-refractivity contribution < 1.29 is 4.74 Å². The van der Waals surface area contributed by atoms with Crippen molar-refractivity contribution in [3.8, 4) is 0 Å². The predicted octanol–water partition coefficient (Wildman–Crippen LogP) is 2.56. The summed E-state index contributed by atoms with van der Waals surface area (Å²) in [6, 6.07) is 1.80. The normalized spacial score (nSPS) is 10.6. The number of nitrogen functional groups attached to an aromatic ring is 1. The quantitative estimate of drug-likeness (QED) is 0.401. The highest BCUT2D eigenvalue weighted by Gasteiger charge is 2.01. The maximum absolute atomic E-state index is 5.56. The van der Waals surface area contributed by atoms with E-state index in [4.69, 9.17) is 10.6 Å². The van der Waals surface area contributed by atoms with Gasteiger partial charge in [0.1, 0.15) is 12.4 Å². The number of anilines is 1. The predicted molar refractivity (Wildman–Crippen MR) is 73.0 cm³/mol. The molecule has 0 bridgehead atoms. The Morgan fingerprint density at radius 3 is 2.72 bits per heavy atom.